The van der Waals surface area contributed by atoms with Crippen LogP contribution in [0.4, 0.5) is 4.79 Å². The van der Waals surface area contributed by atoms with Crippen molar-refractivity contribution in [3.05, 3.63) is 66.2 Å². The molecule has 2 saturated heterocycles. The summed E-state index contributed by atoms with van der Waals surface area (Å²) in [6.45, 7) is -0.0222. The van der Waals surface area contributed by atoms with Crippen molar-refractivity contribution >= 4 is 21.8 Å². The summed E-state index contributed by atoms with van der Waals surface area (Å²) >= 11 is 0. The van der Waals surface area contributed by atoms with Crippen molar-refractivity contribution < 1.29 is 22.7 Å². The number of sulfone groups is 1. The Bertz CT molecular complexity index is 1010. The van der Waals surface area contributed by atoms with E-state index in [1.54, 1.807) is 35.2 Å². The Labute approximate surface area is 182 Å². The van der Waals surface area contributed by atoms with Crippen molar-refractivity contribution in [1.82, 2.24) is 10.2 Å². The van der Waals surface area contributed by atoms with Crippen LogP contribution in [-0.2, 0) is 26.0 Å². The largest absolute Gasteiger partial charge is 0.445 e. The van der Waals surface area contributed by atoms with E-state index in [4.69, 9.17) is 4.74 Å². The van der Waals surface area contributed by atoms with Crippen molar-refractivity contribution in [1.29, 1.82) is 0 Å². The van der Waals surface area contributed by atoms with Gasteiger partial charge in [0.25, 0.3) is 0 Å². The van der Waals surface area contributed by atoms with Crippen LogP contribution in [0.5, 0.6) is 0 Å². The number of rotatable bonds is 6. The van der Waals surface area contributed by atoms with E-state index in [2.05, 4.69) is 5.32 Å². The zero-order valence-electron chi connectivity index (χ0n) is 17.1. The predicted molar refractivity (Wildman–Crippen MR) is 115 cm³/mol. The zero-order chi connectivity index (χ0) is 21.8. The molecular formula is C23H26N2O5S. The highest BCUT2D eigenvalue weighted by Crippen LogP contribution is 2.39. The molecule has 2 aromatic rings. The lowest BCUT2D eigenvalue weighted by atomic mass is 10.0. The molecule has 8 heteroatoms. The Morgan fingerprint density at radius 2 is 1.52 bits per heavy atom. The van der Waals surface area contributed by atoms with Crippen LogP contribution >= 0.6 is 0 Å². The molecule has 31 heavy (non-hydrogen) atoms. The quantitative estimate of drug-likeness (QED) is 0.743. The standard InChI is InChI=1S/C23H26N2O5S/c26-22(15-24-23(27)30-16-17-7-3-1-4-8-17)25-18-11-12-19(25)14-21(13-18)31(28,29)20-9-5-2-6-10-20/h1-10,18-19,21H,11-16H2,(H,24,27)/t18-,19-/m0/s1. The van der Waals surface area contributed by atoms with E-state index in [1.807, 2.05) is 30.3 Å². The first-order valence-corrected chi connectivity index (χ1v) is 12.0. The number of hydrogen-bond acceptors (Lipinski definition) is 5. The molecule has 0 saturated carbocycles. The summed E-state index contributed by atoms with van der Waals surface area (Å²) < 4.78 is 31.2. The van der Waals surface area contributed by atoms with E-state index in [-0.39, 0.29) is 31.1 Å². The lowest BCUT2D eigenvalue weighted by Crippen LogP contribution is -2.52. The fourth-order valence-corrected chi connectivity index (χ4v) is 6.48. The van der Waals surface area contributed by atoms with Gasteiger partial charge in [0, 0.05) is 12.1 Å². The minimum absolute atomic E-state index is 0.114. The number of fused-ring (bicyclic) bond motifs is 2. The molecule has 0 aromatic heterocycles. The van der Waals surface area contributed by atoms with Crippen molar-refractivity contribution in [2.24, 2.45) is 0 Å². The molecule has 0 radical (unpaired) electrons. The van der Waals surface area contributed by atoms with E-state index < -0.39 is 21.2 Å². The van der Waals surface area contributed by atoms with Crippen LogP contribution < -0.4 is 5.32 Å². The second kappa shape index (κ2) is 9.09. The number of nitrogens with zero attached hydrogens (tertiary/aromatic N) is 1. The van der Waals surface area contributed by atoms with Crippen molar-refractivity contribution in [3.63, 3.8) is 0 Å². The summed E-state index contributed by atoms with van der Waals surface area (Å²) in [6, 6.07) is 17.6. The molecule has 4 rings (SSSR count). The maximum absolute atomic E-state index is 13.0. The molecule has 2 aliphatic heterocycles. The second-order valence-electron chi connectivity index (χ2n) is 8.05. The maximum atomic E-state index is 13.0. The Hall–Kier alpha value is -2.87. The number of carbonyl (C=O) groups is 2. The summed E-state index contributed by atoms with van der Waals surface area (Å²) in [4.78, 5) is 26.8. The number of nitrogens with one attached hydrogen (secondary N) is 1. The van der Waals surface area contributed by atoms with Crippen LogP contribution in [0.25, 0.3) is 0 Å². The molecular weight excluding hydrogens is 416 g/mol. The molecule has 2 fully saturated rings. The third kappa shape index (κ3) is 4.74. The molecule has 0 aliphatic carbocycles. The van der Waals surface area contributed by atoms with Crippen LogP contribution in [0.1, 0.15) is 31.2 Å². The average Bonchev–Trinajstić information content (AvgIpc) is 3.06. The van der Waals surface area contributed by atoms with Crippen molar-refractivity contribution in [3.8, 4) is 0 Å². The van der Waals surface area contributed by atoms with Gasteiger partial charge in [-0.1, -0.05) is 48.5 Å². The topological polar surface area (TPSA) is 92.8 Å². The fraction of sp³-hybridized carbons (Fsp3) is 0.391. The average molecular weight is 443 g/mol. The molecule has 2 aliphatic rings. The highest BCUT2D eigenvalue weighted by Gasteiger charge is 2.47. The molecule has 2 amide bonds. The Morgan fingerprint density at radius 1 is 0.935 bits per heavy atom. The molecule has 0 spiro atoms. The minimum Gasteiger partial charge on any atom is -0.445 e. The first-order chi connectivity index (χ1) is 14.9. The van der Waals surface area contributed by atoms with Crippen LogP contribution in [0.2, 0.25) is 0 Å². The van der Waals surface area contributed by atoms with Crippen LogP contribution in [-0.4, -0.2) is 49.2 Å². The molecule has 7 nitrogen and oxygen atoms in total. The number of alkyl carbamates (subject to hydrolysis) is 1. The molecule has 2 heterocycles. The zero-order valence-corrected chi connectivity index (χ0v) is 18.0. The van der Waals surface area contributed by atoms with Gasteiger partial charge in [0.2, 0.25) is 5.91 Å². The molecule has 2 bridgehead atoms. The number of carbonyl (C=O) groups excluding carboxylic acids is 2. The number of piperidine rings is 1. The van der Waals surface area contributed by atoms with E-state index in [0.29, 0.717) is 17.7 Å². The van der Waals surface area contributed by atoms with E-state index in [1.165, 1.54) is 0 Å². The van der Waals surface area contributed by atoms with Gasteiger partial charge in [0.15, 0.2) is 9.84 Å². The third-order valence-electron chi connectivity index (χ3n) is 6.09. The van der Waals surface area contributed by atoms with E-state index >= 15 is 0 Å². The summed E-state index contributed by atoms with van der Waals surface area (Å²) in [6.07, 6.45) is 1.78. The fourth-order valence-electron chi connectivity index (χ4n) is 4.60. The third-order valence-corrected chi connectivity index (χ3v) is 8.28. The molecule has 2 atom stereocenters. The first-order valence-electron chi connectivity index (χ1n) is 10.5. The van der Waals surface area contributed by atoms with Crippen molar-refractivity contribution in [2.45, 2.75) is 54.5 Å². The van der Waals surface area contributed by atoms with Gasteiger partial charge in [-0.05, 0) is 43.4 Å². The molecule has 1 N–H and O–H groups in total. The monoisotopic (exact) mass is 442 g/mol. The maximum Gasteiger partial charge on any atom is 0.407 e. The Kier molecular flexibility index (Phi) is 6.27. The van der Waals surface area contributed by atoms with Gasteiger partial charge in [-0.15, -0.1) is 0 Å². The van der Waals surface area contributed by atoms with Crippen molar-refractivity contribution in [2.75, 3.05) is 6.54 Å². The number of amides is 2. The van der Waals surface area contributed by atoms with Gasteiger partial charge in [-0.3, -0.25) is 4.79 Å². The highest BCUT2D eigenvalue weighted by atomic mass is 32.2. The smallest absolute Gasteiger partial charge is 0.407 e. The van der Waals surface area contributed by atoms with E-state index in [9.17, 15) is 18.0 Å². The van der Waals surface area contributed by atoms with E-state index in [0.717, 1.165) is 18.4 Å². The SMILES string of the molecule is O=C(NCC(=O)N1[C@H]2CC[C@H]1CC(S(=O)(=O)c1ccccc1)C2)OCc1ccccc1. The molecule has 164 valence electrons. The van der Waals surface area contributed by atoms with Gasteiger partial charge >= 0.3 is 6.09 Å². The molecule has 0 unspecified atom stereocenters. The highest BCUT2D eigenvalue weighted by molar-refractivity contribution is 7.92. The van der Waals surface area contributed by atoms with Gasteiger partial charge in [-0.2, -0.15) is 0 Å². The normalized spacial score (nSPS) is 22.7. The van der Waals surface area contributed by atoms with Gasteiger partial charge in [0.05, 0.1) is 10.1 Å². The Morgan fingerprint density at radius 3 is 2.13 bits per heavy atom. The molecule has 2 aromatic carbocycles. The van der Waals surface area contributed by atoms with Crippen LogP contribution in [0, 0.1) is 0 Å². The van der Waals surface area contributed by atoms with Gasteiger partial charge in [0.1, 0.15) is 13.2 Å². The lowest BCUT2D eigenvalue weighted by Gasteiger charge is -2.38. The minimum atomic E-state index is -3.42. The van der Waals surface area contributed by atoms with Crippen LogP contribution in [0.15, 0.2) is 65.6 Å². The predicted octanol–water partition coefficient (Wildman–Crippen LogP) is 2.91. The van der Waals surface area contributed by atoms with Crippen LogP contribution in [0.3, 0.4) is 0 Å². The second-order valence-corrected chi connectivity index (χ2v) is 10.3. The number of ether oxygens (including phenoxy) is 1. The summed E-state index contributed by atoms with van der Waals surface area (Å²) in [5, 5.41) is 2.03. The lowest BCUT2D eigenvalue weighted by molar-refractivity contribution is -0.134. The first kappa shape index (κ1) is 21.4. The Balaban J connectivity index is 1.31. The van der Waals surface area contributed by atoms with Gasteiger partial charge < -0.3 is 15.0 Å². The number of benzene rings is 2. The number of hydrogen-bond donors (Lipinski definition) is 1. The summed E-state index contributed by atoms with van der Waals surface area (Å²) in [5.74, 6) is -0.195. The summed E-state index contributed by atoms with van der Waals surface area (Å²) in [7, 11) is -3.42. The van der Waals surface area contributed by atoms with Gasteiger partial charge in [-0.25, -0.2) is 13.2 Å². The summed E-state index contributed by atoms with van der Waals surface area (Å²) in [5.41, 5.74) is 0.865.